The van der Waals surface area contributed by atoms with Crippen LogP contribution >= 0.6 is 11.3 Å². The van der Waals surface area contributed by atoms with Crippen LogP contribution < -0.4 is 10.6 Å². The molecule has 2 aromatic rings. The molecule has 0 saturated carbocycles. The van der Waals surface area contributed by atoms with Gasteiger partial charge in [-0.05, 0) is 23.6 Å². The first-order valence-electron chi connectivity index (χ1n) is 6.06. The van der Waals surface area contributed by atoms with Crippen LogP contribution in [0.3, 0.4) is 0 Å². The highest BCUT2D eigenvalue weighted by molar-refractivity contribution is 7.12. The lowest BCUT2D eigenvalue weighted by Gasteiger charge is -2.06. The van der Waals surface area contributed by atoms with Gasteiger partial charge in [0.1, 0.15) is 5.75 Å². The Morgan fingerprint density at radius 1 is 1.20 bits per heavy atom. The van der Waals surface area contributed by atoms with E-state index < -0.39 is 0 Å². The number of anilines is 1. The largest absolute Gasteiger partial charge is 0.508 e. The molecule has 3 N–H and O–H groups in total. The third kappa shape index (κ3) is 4.10. The molecular formula is C14H14N2O3S. The summed E-state index contributed by atoms with van der Waals surface area (Å²) in [5, 5.41) is 16.4. The molecule has 0 radical (unpaired) electrons. The smallest absolute Gasteiger partial charge is 0.261 e. The molecule has 2 amide bonds. The van der Waals surface area contributed by atoms with E-state index in [2.05, 4.69) is 10.6 Å². The lowest BCUT2D eigenvalue weighted by Crippen LogP contribution is -2.27. The lowest BCUT2D eigenvalue weighted by atomic mass is 10.3. The molecule has 0 unspecified atom stereocenters. The highest BCUT2D eigenvalue weighted by atomic mass is 32.1. The molecule has 0 spiro atoms. The van der Waals surface area contributed by atoms with Crippen molar-refractivity contribution in [2.24, 2.45) is 0 Å². The van der Waals surface area contributed by atoms with E-state index in [1.54, 1.807) is 24.3 Å². The summed E-state index contributed by atoms with van der Waals surface area (Å²) in [6, 6.07) is 9.84. The number of benzene rings is 1. The average molecular weight is 290 g/mol. The Morgan fingerprint density at radius 3 is 2.75 bits per heavy atom. The summed E-state index contributed by atoms with van der Waals surface area (Å²) in [4.78, 5) is 23.9. The van der Waals surface area contributed by atoms with E-state index in [1.807, 2.05) is 5.38 Å². The summed E-state index contributed by atoms with van der Waals surface area (Å²) in [5.74, 6) is -0.305. The lowest BCUT2D eigenvalue weighted by molar-refractivity contribution is -0.116. The van der Waals surface area contributed by atoms with Crippen molar-refractivity contribution in [2.45, 2.75) is 6.42 Å². The van der Waals surface area contributed by atoms with E-state index in [-0.39, 0.29) is 30.5 Å². The summed E-state index contributed by atoms with van der Waals surface area (Å²) in [6.07, 6.45) is 0.173. The maximum atomic E-state index is 11.7. The minimum atomic E-state index is -0.220. The molecule has 104 valence electrons. The maximum absolute atomic E-state index is 11.7. The van der Waals surface area contributed by atoms with Crippen LogP contribution in [0.2, 0.25) is 0 Å². The van der Waals surface area contributed by atoms with Crippen molar-refractivity contribution < 1.29 is 14.7 Å². The number of carbonyl (C=O) groups excluding carboxylic acids is 2. The SMILES string of the molecule is O=C(CCNC(=O)c1cccs1)Nc1cccc(O)c1. The average Bonchev–Trinajstić information content (AvgIpc) is 2.92. The van der Waals surface area contributed by atoms with Crippen molar-refractivity contribution in [3.05, 3.63) is 46.7 Å². The first-order chi connectivity index (χ1) is 9.65. The zero-order valence-corrected chi connectivity index (χ0v) is 11.4. The monoisotopic (exact) mass is 290 g/mol. The molecule has 0 saturated heterocycles. The third-order valence-electron chi connectivity index (χ3n) is 2.51. The Kier molecular flexibility index (Phi) is 4.73. The standard InChI is InChI=1S/C14H14N2O3S/c17-11-4-1-3-10(9-11)16-13(18)6-7-15-14(19)12-5-2-8-20-12/h1-5,8-9,17H,6-7H2,(H,15,19)(H,16,18). The molecule has 0 bridgehead atoms. The van der Waals surface area contributed by atoms with E-state index >= 15 is 0 Å². The zero-order valence-electron chi connectivity index (χ0n) is 10.6. The quantitative estimate of drug-likeness (QED) is 0.790. The summed E-state index contributed by atoms with van der Waals surface area (Å²) in [6.45, 7) is 0.265. The first-order valence-corrected chi connectivity index (χ1v) is 6.94. The van der Waals surface area contributed by atoms with Gasteiger partial charge < -0.3 is 15.7 Å². The number of thiophene rings is 1. The van der Waals surface area contributed by atoms with Crippen molar-refractivity contribution in [3.63, 3.8) is 0 Å². The van der Waals surface area contributed by atoms with Gasteiger partial charge in [0.05, 0.1) is 4.88 Å². The minimum Gasteiger partial charge on any atom is -0.508 e. The van der Waals surface area contributed by atoms with E-state index in [0.29, 0.717) is 10.6 Å². The zero-order chi connectivity index (χ0) is 14.4. The second-order valence-electron chi connectivity index (χ2n) is 4.08. The normalized spacial score (nSPS) is 10.0. The van der Waals surface area contributed by atoms with Gasteiger partial charge in [-0.15, -0.1) is 11.3 Å². The Balaban J connectivity index is 1.74. The second-order valence-corrected chi connectivity index (χ2v) is 5.03. The number of carbonyl (C=O) groups is 2. The first kappa shape index (κ1) is 14.1. The van der Waals surface area contributed by atoms with E-state index in [1.165, 1.54) is 23.5 Å². The Hall–Kier alpha value is -2.34. The number of amides is 2. The van der Waals surface area contributed by atoms with E-state index in [0.717, 1.165) is 0 Å². The van der Waals surface area contributed by atoms with Crippen LogP contribution in [0.25, 0.3) is 0 Å². The van der Waals surface area contributed by atoms with Gasteiger partial charge >= 0.3 is 0 Å². The van der Waals surface area contributed by atoms with Gasteiger partial charge in [-0.3, -0.25) is 9.59 Å². The Morgan fingerprint density at radius 2 is 2.05 bits per heavy atom. The molecular weight excluding hydrogens is 276 g/mol. The van der Waals surface area contributed by atoms with Crippen LogP contribution in [-0.2, 0) is 4.79 Å². The van der Waals surface area contributed by atoms with Crippen LogP contribution in [0.1, 0.15) is 16.1 Å². The van der Waals surface area contributed by atoms with Crippen molar-refractivity contribution in [3.8, 4) is 5.75 Å². The van der Waals surface area contributed by atoms with Gasteiger partial charge in [-0.1, -0.05) is 12.1 Å². The summed E-state index contributed by atoms with van der Waals surface area (Å²) >= 11 is 1.35. The topological polar surface area (TPSA) is 78.4 Å². The maximum Gasteiger partial charge on any atom is 0.261 e. The fourth-order valence-corrected chi connectivity index (χ4v) is 2.23. The molecule has 0 aliphatic heterocycles. The van der Waals surface area contributed by atoms with Gasteiger partial charge in [-0.25, -0.2) is 0 Å². The number of hydrogen-bond acceptors (Lipinski definition) is 4. The number of aromatic hydroxyl groups is 1. The van der Waals surface area contributed by atoms with E-state index in [9.17, 15) is 14.7 Å². The molecule has 6 heteroatoms. The summed E-state index contributed by atoms with van der Waals surface area (Å²) < 4.78 is 0. The predicted octanol–water partition coefficient (Wildman–Crippen LogP) is 2.21. The van der Waals surface area contributed by atoms with Crippen molar-refractivity contribution in [1.82, 2.24) is 5.32 Å². The van der Waals surface area contributed by atoms with E-state index in [4.69, 9.17) is 0 Å². The van der Waals surface area contributed by atoms with Gasteiger partial charge in [0.15, 0.2) is 0 Å². The molecule has 1 heterocycles. The number of hydrogen-bond donors (Lipinski definition) is 3. The predicted molar refractivity (Wildman–Crippen MR) is 78.0 cm³/mol. The molecule has 0 atom stereocenters. The second kappa shape index (κ2) is 6.72. The van der Waals surface area contributed by atoms with Crippen LogP contribution in [0.15, 0.2) is 41.8 Å². The molecule has 2 rings (SSSR count). The number of phenols is 1. The highest BCUT2D eigenvalue weighted by Gasteiger charge is 2.07. The summed E-state index contributed by atoms with van der Waals surface area (Å²) in [7, 11) is 0. The molecule has 0 aliphatic carbocycles. The van der Waals surface area contributed by atoms with Gasteiger partial charge in [0, 0.05) is 24.7 Å². The minimum absolute atomic E-state index is 0.0915. The van der Waals surface area contributed by atoms with Crippen molar-refractivity contribution >= 4 is 28.8 Å². The van der Waals surface area contributed by atoms with Crippen molar-refractivity contribution in [2.75, 3.05) is 11.9 Å². The van der Waals surface area contributed by atoms with Crippen molar-refractivity contribution in [1.29, 1.82) is 0 Å². The molecule has 0 fully saturated rings. The molecule has 1 aromatic carbocycles. The number of nitrogens with one attached hydrogen (secondary N) is 2. The number of rotatable bonds is 5. The highest BCUT2D eigenvalue weighted by Crippen LogP contribution is 2.15. The Bertz CT molecular complexity index is 596. The molecule has 1 aromatic heterocycles. The van der Waals surface area contributed by atoms with Crippen LogP contribution in [0.4, 0.5) is 5.69 Å². The van der Waals surface area contributed by atoms with Gasteiger partial charge in [0.25, 0.3) is 5.91 Å². The van der Waals surface area contributed by atoms with Gasteiger partial charge in [0.2, 0.25) is 5.91 Å². The molecule has 0 aliphatic rings. The Labute approximate surface area is 120 Å². The van der Waals surface area contributed by atoms with Crippen LogP contribution in [-0.4, -0.2) is 23.5 Å². The fourth-order valence-electron chi connectivity index (χ4n) is 1.59. The molecule has 20 heavy (non-hydrogen) atoms. The van der Waals surface area contributed by atoms with Crippen LogP contribution in [0, 0.1) is 0 Å². The molecule has 5 nitrogen and oxygen atoms in total. The van der Waals surface area contributed by atoms with Gasteiger partial charge in [-0.2, -0.15) is 0 Å². The number of phenolic OH excluding ortho intramolecular Hbond substituents is 1. The summed E-state index contributed by atoms with van der Waals surface area (Å²) in [5.41, 5.74) is 0.527. The fraction of sp³-hybridized carbons (Fsp3) is 0.143. The van der Waals surface area contributed by atoms with Crippen LogP contribution in [0.5, 0.6) is 5.75 Å². The third-order valence-corrected chi connectivity index (χ3v) is 3.38.